The van der Waals surface area contributed by atoms with E-state index in [1.165, 1.54) is 0 Å². The van der Waals surface area contributed by atoms with Gasteiger partial charge in [0.15, 0.2) is 0 Å². The second-order valence-electron chi connectivity index (χ2n) is 5.53. The van der Waals surface area contributed by atoms with Gasteiger partial charge in [0.05, 0.1) is 0 Å². The van der Waals surface area contributed by atoms with E-state index in [0.29, 0.717) is 24.7 Å². The Hall–Kier alpha value is -1.10. The molecule has 19 heavy (non-hydrogen) atoms. The second-order valence-corrected chi connectivity index (χ2v) is 5.53. The van der Waals surface area contributed by atoms with Crippen molar-refractivity contribution in [3.8, 4) is 0 Å². The van der Waals surface area contributed by atoms with Crippen LogP contribution >= 0.6 is 0 Å². The highest BCUT2D eigenvalue weighted by Gasteiger charge is 2.24. The van der Waals surface area contributed by atoms with Crippen LogP contribution in [0.3, 0.4) is 0 Å². The van der Waals surface area contributed by atoms with E-state index in [2.05, 4.69) is 17.6 Å². The molecule has 0 saturated carbocycles. The molecule has 0 aromatic heterocycles. The van der Waals surface area contributed by atoms with Gasteiger partial charge in [-0.25, -0.2) is 4.79 Å². The van der Waals surface area contributed by atoms with E-state index in [1.54, 1.807) is 0 Å². The third-order valence-corrected chi connectivity index (χ3v) is 3.86. The third kappa shape index (κ3) is 5.59. The Balaban J connectivity index is 2.38. The molecule has 0 radical (unpaired) electrons. The maximum Gasteiger partial charge on any atom is 0.326 e. The van der Waals surface area contributed by atoms with E-state index in [4.69, 9.17) is 5.11 Å². The number of nitrogens with one attached hydrogen (secondary N) is 2. The van der Waals surface area contributed by atoms with E-state index in [-0.39, 0.29) is 5.91 Å². The van der Waals surface area contributed by atoms with Crippen LogP contribution in [0.4, 0.5) is 0 Å². The minimum absolute atomic E-state index is 0.140. The van der Waals surface area contributed by atoms with Crippen molar-refractivity contribution >= 4 is 11.9 Å². The lowest BCUT2D eigenvalue weighted by Crippen LogP contribution is -2.42. The third-order valence-electron chi connectivity index (χ3n) is 3.86. The molecule has 1 aliphatic rings. The molecule has 3 N–H and O–H groups in total. The van der Waals surface area contributed by atoms with Gasteiger partial charge < -0.3 is 15.7 Å². The molecule has 1 heterocycles. The molecule has 1 fully saturated rings. The second kappa shape index (κ2) is 8.15. The van der Waals surface area contributed by atoms with E-state index in [1.807, 2.05) is 6.92 Å². The first-order valence-corrected chi connectivity index (χ1v) is 7.27. The molecule has 110 valence electrons. The number of carbonyl (C=O) groups excluding carboxylic acids is 1. The maximum absolute atomic E-state index is 11.9. The lowest BCUT2D eigenvalue weighted by molar-refractivity contribution is -0.142. The van der Waals surface area contributed by atoms with Crippen molar-refractivity contribution in [2.24, 2.45) is 11.8 Å². The topological polar surface area (TPSA) is 78.4 Å². The molecule has 0 bridgehead atoms. The molecule has 3 unspecified atom stereocenters. The van der Waals surface area contributed by atoms with Crippen molar-refractivity contribution in [2.45, 2.75) is 52.0 Å². The Labute approximate surface area is 115 Å². The van der Waals surface area contributed by atoms with Gasteiger partial charge in [0.25, 0.3) is 0 Å². The van der Waals surface area contributed by atoms with Crippen LogP contribution < -0.4 is 10.6 Å². The minimum Gasteiger partial charge on any atom is -0.480 e. The normalized spacial score (nSPS) is 22.5. The zero-order valence-corrected chi connectivity index (χ0v) is 11.9. The van der Waals surface area contributed by atoms with E-state index < -0.39 is 12.0 Å². The summed E-state index contributed by atoms with van der Waals surface area (Å²) in [7, 11) is 0. The number of piperidine rings is 1. The van der Waals surface area contributed by atoms with E-state index in [0.717, 1.165) is 32.4 Å². The molecular weight excluding hydrogens is 244 g/mol. The van der Waals surface area contributed by atoms with Crippen molar-refractivity contribution < 1.29 is 14.7 Å². The van der Waals surface area contributed by atoms with Crippen molar-refractivity contribution in [3.05, 3.63) is 0 Å². The molecule has 5 heteroatoms. The molecule has 0 spiro atoms. The summed E-state index contributed by atoms with van der Waals surface area (Å²) in [5, 5.41) is 15.0. The molecule has 5 nitrogen and oxygen atoms in total. The van der Waals surface area contributed by atoms with Crippen LogP contribution in [0.25, 0.3) is 0 Å². The molecule has 0 aliphatic carbocycles. The maximum atomic E-state index is 11.9. The summed E-state index contributed by atoms with van der Waals surface area (Å²) < 4.78 is 0. The fourth-order valence-electron chi connectivity index (χ4n) is 2.62. The fourth-order valence-corrected chi connectivity index (χ4v) is 2.62. The summed E-state index contributed by atoms with van der Waals surface area (Å²) in [4.78, 5) is 22.9. The van der Waals surface area contributed by atoms with Crippen molar-refractivity contribution in [3.63, 3.8) is 0 Å². The van der Waals surface area contributed by atoms with Crippen LogP contribution in [0.15, 0.2) is 0 Å². The number of rotatable bonds is 7. The van der Waals surface area contributed by atoms with Crippen LogP contribution in [0.5, 0.6) is 0 Å². The summed E-state index contributed by atoms with van der Waals surface area (Å²) >= 11 is 0. The number of hydrogen-bond acceptors (Lipinski definition) is 3. The average molecular weight is 270 g/mol. The van der Waals surface area contributed by atoms with Crippen LogP contribution in [0.2, 0.25) is 0 Å². The number of carbonyl (C=O) groups is 2. The zero-order chi connectivity index (χ0) is 14.3. The lowest BCUT2D eigenvalue weighted by atomic mass is 9.85. The van der Waals surface area contributed by atoms with Gasteiger partial charge in [0.2, 0.25) is 5.91 Å². The number of carboxylic acids is 1. The smallest absolute Gasteiger partial charge is 0.326 e. The van der Waals surface area contributed by atoms with Crippen LogP contribution in [0, 0.1) is 11.8 Å². The van der Waals surface area contributed by atoms with Crippen molar-refractivity contribution in [1.82, 2.24) is 10.6 Å². The number of carboxylic acid groups (broad SMARTS) is 1. The first-order valence-electron chi connectivity index (χ1n) is 7.27. The first kappa shape index (κ1) is 16.0. The summed E-state index contributed by atoms with van der Waals surface area (Å²) in [5.74, 6) is -0.265. The van der Waals surface area contributed by atoms with E-state index >= 15 is 0 Å². The summed E-state index contributed by atoms with van der Waals surface area (Å²) in [6.45, 7) is 6.02. The Morgan fingerprint density at radius 3 is 2.74 bits per heavy atom. The van der Waals surface area contributed by atoms with Gasteiger partial charge in [-0.3, -0.25) is 4.79 Å². The van der Waals surface area contributed by atoms with Gasteiger partial charge in [-0.1, -0.05) is 20.3 Å². The minimum atomic E-state index is -0.942. The van der Waals surface area contributed by atoms with Crippen molar-refractivity contribution in [2.75, 3.05) is 13.1 Å². The number of hydrogen-bond donors (Lipinski definition) is 3. The van der Waals surface area contributed by atoms with E-state index in [9.17, 15) is 9.59 Å². The Bertz CT molecular complexity index is 301. The lowest BCUT2D eigenvalue weighted by Gasteiger charge is -2.28. The largest absolute Gasteiger partial charge is 0.480 e. The average Bonchev–Trinajstić information content (AvgIpc) is 2.39. The van der Waals surface area contributed by atoms with Gasteiger partial charge in [0.1, 0.15) is 6.04 Å². The monoisotopic (exact) mass is 270 g/mol. The molecule has 1 saturated heterocycles. The molecule has 1 aliphatic heterocycles. The van der Waals surface area contributed by atoms with Gasteiger partial charge in [0, 0.05) is 6.42 Å². The summed E-state index contributed by atoms with van der Waals surface area (Å²) in [6, 6.07) is -0.741. The highest BCUT2D eigenvalue weighted by Crippen LogP contribution is 2.22. The fraction of sp³-hybridized carbons (Fsp3) is 0.857. The van der Waals surface area contributed by atoms with Crippen molar-refractivity contribution in [1.29, 1.82) is 0 Å². The summed E-state index contributed by atoms with van der Waals surface area (Å²) in [6.07, 6.45) is 3.96. The zero-order valence-electron chi connectivity index (χ0n) is 11.9. The molecular formula is C14H26N2O3. The Morgan fingerprint density at radius 1 is 1.47 bits per heavy atom. The van der Waals surface area contributed by atoms with Crippen LogP contribution in [-0.4, -0.2) is 36.1 Å². The predicted molar refractivity (Wildman–Crippen MR) is 73.8 cm³/mol. The molecule has 1 amide bonds. The molecule has 3 atom stereocenters. The number of aliphatic carboxylic acids is 1. The first-order chi connectivity index (χ1) is 9.04. The molecule has 0 aromatic carbocycles. The number of amides is 1. The SMILES string of the molecule is CCCC(NC(=O)CC(C)C1CCCNC1)C(=O)O. The van der Waals surface area contributed by atoms with Gasteiger partial charge in [-0.15, -0.1) is 0 Å². The predicted octanol–water partition coefficient (Wildman–Crippen LogP) is 1.38. The summed E-state index contributed by atoms with van der Waals surface area (Å²) in [5.41, 5.74) is 0. The highest BCUT2D eigenvalue weighted by molar-refractivity contribution is 5.83. The standard InChI is InChI=1S/C14H26N2O3/c1-3-5-12(14(18)19)16-13(17)8-10(2)11-6-4-7-15-9-11/h10-12,15H,3-9H2,1-2H3,(H,16,17)(H,18,19). The molecule has 1 rings (SSSR count). The molecule has 0 aromatic rings. The van der Waals surface area contributed by atoms with Gasteiger partial charge in [-0.05, 0) is 44.2 Å². The quantitative estimate of drug-likeness (QED) is 0.653. The highest BCUT2D eigenvalue weighted by atomic mass is 16.4. The van der Waals surface area contributed by atoms with Gasteiger partial charge in [-0.2, -0.15) is 0 Å². The van der Waals surface area contributed by atoms with Crippen LogP contribution in [0.1, 0.15) is 46.0 Å². The Morgan fingerprint density at radius 2 is 2.21 bits per heavy atom. The van der Waals surface area contributed by atoms with Gasteiger partial charge >= 0.3 is 5.97 Å². The van der Waals surface area contributed by atoms with Crippen LogP contribution in [-0.2, 0) is 9.59 Å². The Kier molecular flexibility index (Phi) is 6.84.